The maximum absolute atomic E-state index is 11.9. The minimum absolute atomic E-state index is 0.160. The van der Waals surface area contributed by atoms with Gasteiger partial charge in [-0.2, -0.15) is 0 Å². The van der Waals surface area contributed by atoms with Gasteiger partial charge in [-0.25, -0.2) is 0 Å². The summed E-state index contributed by atoms with van der Waals surface area (Å²) in [6.45, 7) is 10.7. The maximum atomic E-state index is 11.9. The molecule has 0 aliphatic rings. The molecule has 0 aromatic heterocycles. The lowest BCUT2D eigenvalue weighted by Crippen LogP contribution is -2.40. The number of nitrogens with one attached hydrogen (secondary N) is 2. The molecule has 5 nitrogen and oxygen atoms in total. The molecular weight excluding hydrogens is 250 g/mol. The highest BCUT2D eigenvalue weighted by Gasteiger charge is 2.18. The normalized spacial score (nSPS) is 14.4. The summed E-state index contributed by atoms with van der Waals surface area (Å²) in [4.78, 5) is 4.33. The molecule has 0 aromatic rings. The van der Waals surface area contributed by atoms with E-state index in [9.17, 15) is 4.21 Å². The van der Waals surface area contributed by atoms with Crippen molar-refractivity contribution in [3.8, 4) is 0 Å². The Bertz CT molecular complexity index is 275. The second-order valence-electron chi connectivity index (χ2n) is 4.84. The lowest BCUT2D eigenvalue weighted by atomic mass is 10.3. The molecule has 0 bridgehead atoms. The summed E-state index contributed by atoms with van der Waals surface area (Å²) < 4.78 is 16.6. The number of guanidine groups is 1. The predicted octanol–water partition coefficient (Wildman–Crippen LogP) is 0.735. The van der Waals surface area contributed by atoms with Crippen LogP contribution in [-0.2, 0) is 15.5 Å². The Morgan fingerprint density at radius 3 is 2.50 bits per heavy atom. The van der Waals surface area contributed by atoms with Crippen molar-refractivity contribution in [2.45, 2.75) is 32.4 Å². The molecule has 0 aliphatic heterocycles. The van der Waals surface area contributed by atoms with Crippen molar-refractivity contribution < 1.29 is 8.95 Å². The van der Waals surface area contributed by atoms with E-state index in [1.54, 1.807) is 7.11 Å². The van der Waals surface area contributed by atoms with Crippen molar-refractivity contribution in [1.82, 2.24) is 10.6 Å². The van der Waals surface area contributed by atoms with Crippen molar-refractivity contribution in [2.75, 3.05) is 39.1 Å². The molecule has 1 atom stereocenters. The number of methoxy groups -OCH3 is 1. The summed E-state index contributed by atoms with van der Waals surface area (Å²) in [6, 6.07) is 0. The smallest absolute Gasteiger partial charge is 0.191 e. The Balaban J connectivity index is 4.04. The van der Waals surface area contributed by atoms with Gasteiger partial charge in [0.2, 0.25) is 0 Å². The zero-order valence-corrected chi connectivity index (χ0v) is 13.0. The number of rotatable bonds is 7. The van der Waals surface area contributed by atoms with E-state index in [1.807, 2.05) is 27.7 Å². The number of aliphatic imine (C=N–C) groups is 1. The van der Waals surface area contributed by atoms with Crippen LogP contribution >= 0.6 is 0 Å². The third-order valence-electron chi connectivity index (χ3n) is 2.17. The van der Waals surface area contributed by atoms with Crippen LogP contribution in [0, 0.1) is 0 Å². The van der Waals surface area contributed by atoms with E-state index in [0.29, 0.717) is 25.4 Å². The Morgan fingerprint density at radius 2 is 2.00 bits per heavy atom. The van der Waals surface area contributed by atoms with E-state index in [4.69, 9.17) is 4.74 Å². The van der Waals surface area contributed by atoms with E-state index in [2.05, 4.69) is 15.6 Å². The average molecular weight is 277 g/mol. The zero-order valence-electron chi connectivity index (χ0n) is 12.2. The minimum Gasteiger partial charge on any atom is -0.383 e. The Hall–Kier alpha value is -0.620. The highest BCUT2D eigenvalue weighted by atomic mass is 32.2. The van der Waals surface area contributed by atoms with Gasteiger partial charge in [0.15, 0.2) is 5.96 Å². The molecule has 0 rings (SSSR count). The van der Waals surface area contributed by atoms with Crippen LogP contribution in [0.4, 0.5) is 0 Å². The fourth-order valence-electron chi connectivity index (χ4n) is 1.16. The van der Waals surface area contributed by atoms with Crippen molar-refractivity contribution in [2.24, 2.45) is 4.99 Å². The Labute approximate surface area is 113 Å². The molecule has 0 fully saturated rings. The predicted molar refractivity (Wildman–Crippen MR) is 78.6 cm³/mol. The average Bonchev–Trinajstić information content (AvgIpc) is 2.28. The quantitative estimate of drug-likeness (QED) is 0.409. The third-order valence-corrected chi connectivity index (χ3v) is 4.11. The third kappa shape index (κ3) is 8.47. The number of ether oxygens (including phenoxy) is 1. The summed E-state index contributed by atoms with van der Waals surface area (Å²) in [5.74, 6) is 1.37. The SMILES string of the molecule is CCNC(=NCCOC)NCCS(=O)C(C)(C)C. The molecule has 0 spiro atoms. The van der Waals surface area contributed by atoms with Gasteiger partial charge in [0, 0.05) is 41.5 Å². The highest BCUT2D eigenvalue weighted by molar-refractivity contribution is 7.86. The van der Waals surface area contributed by atoms with Gasteiger partial charge in [-0.3, -0.25) is 9.20 Å². The van der Waals surface area contributed by atoms with Crippen LogP contribution < -0.4 is 10.6 Å². The van der Waals surface area contributed by atoms with Crippen LogP contribution in [0.2, 0.25) is 0 Å². The summed E-state index contributed by atoms with van der Waals surface area (Å²) in [6.07, 6.45) is 0. The molecule has 2 N–H and O–H groups in total. The van der Waals surface area contributed by atoms with Crippen LogP contribution in [0.1, 0.15) is 27.7 Å². The van der Waals surface area contributed by atoms with Gasteiger partial charge >= 0.3 is 0 Å². The largest absolute Gasteiger partial charge is 0.383 e. The van der Waals surface area contributed by atoms with E-state index in [-0.39, 0.29) is 4.75 Å². The van der Waals surface area contributed by atoms with Crippen LogP contribution in [0.3, 0.4) is 0 Å². The molecule has 6 heteroatoms. The summed E-state index contributed by atoms with van der Waals surface area (Å²) in [7, 11) is 0.820. The van der Waals surface area contributed by atoms with E-state index >= 15 is 0 Å². The van der Waals surface area contributed by atoms with Gasteiger partial charge < -0.3 is 15.4 Å². The highest BCUT2D eigenvalue weighted by Crippen LogP contribution is 2.10. The Morgan fingerprint density at radius 1 is 1.33 bits per heavy atom. The van der Waals surface area contributed by atoms with Crippen molar-refractivity contribution in [1.29, 1.82) is 0 Å². The maximum Gasteiger partial charge on any atom is 0.191 e. The number of hydrogen-bond donors (Lipinski definition) is 2. The van der Waals surface area contributed by atoms with Gasteiger partial charge in [-0.1, -0.05) is 0 Å². The molecular formula is C12H27N3O2S. The van der Waals surface area contributed by atoms with Gasteiger partial charge in [-0.05, 0) is 27.7 Å². The lowest BCUT2D eigenvalue weighted by molar-refractivity contribution is 0.208. The first-order valence-electron chi connectivity index (χ1n) is 6.31. The molecule has 0 aliphatic carbocycles. The fourth-order valence-corrected chi connectivity index (χ4v) is 2.06. The molecule has 0 aromatic carbocycles. The summed E-state index contributed by atoms with van der Waals surface area (Å²) >= 11 is 0. The van der Waals surface area contributed by atoms with Crippen LogP contribution in [0.25, 0.3) is 0 Å². The first-order chi connectivity index (χ1) is 8.41. The molecule has 0 radical (unpaired) electrons. The molecule has 18 heavy (non-hydrogen) atoms. The molecule has 0 saturated heterocycles. The van der Waals surface area contributed by atoms with Crippen molar-refractivity contribution in [3.05, 3.63) is 0 Å². The van der Waals surface area contributed by atoms with Gasteiger partial charge in [0.05, 0.1) is 13.2 Å². The van der Waals surface area contributed by atoms with Crippen LogP contribution in [0.5, 0.6) is 0 Å². The topological polar surface area (TPSA) is 62.7 Å². The van der Waals surface area contributed by atoms with Crippen LogP contribution in [-0.4, -0.2) is 54.0 Å². The van der Waals surface area contributed by atoms with Crippen molar-refractivity contribution in [3.63, 3.8) is 0 Å². The minimum atomic E-state index is -0.835. The van der Waals surface area contributed by atoms with Gasteiger partial charge in [0.25, 0.3) is 0 Å². The molecule has 0 heterocycles. The lowest BCUT2D eigenvalue weighted by Gasteiger charge is -2.18. The number of hydrogen-bond acceptors (Lipinski definition) is 3. The second-order valence-corrected chi connectivity index (χ2v) is 7.17. The summed E-state index contributed by atoms with van der Waals surface area (Å²) in [5, 5.41) is 6.31. The first kappa shape index (κ1) is 17.4. The van der Waals surface area contributed by atoms with Gasteiger partial charge in [-0.15, -0.1) is 0 Å². The Kier molecular flexibility index (Phi) is 9.01. The van der Waals surface area contributed by atoms with E-state index in [0.717, 1.165) is 12.5 Å². The first-order valence-corrected chi connectivity index (χ1v) is 7.63. The monoisotopic (exact) mass is 277 g/mol. The molecule has 108 valence electrons. The second kappa shape index (κ2) is 9.33. The zero-order chi connectivity index (χ0) is 14.0. The molecule has 1 unspecified atom stereocenters. The van der Waals surface area contributed by atoms with E-state index in [1.165, 1.54) is 0 Å². The fraction of sp³-hybridized carbons (Fsp3) is 0.917. The van der Waals surface area contributed by atoms with Crippen LogP contribution in [0.15, 0.2) is 4.99 Å². The van der Waals surface area contributed by atoms with E-state index < -0.39 is 10.8 Å². The molecule has 0 saturated carbocycles. The number of nitrogens with zero attached hydrogens (tertiary/aromatic N) is 1. The van der Waals surface area contributed by atoms with Gasteiger partial charge in [0.1, 0.15) is 0 Å². The van der Waals surface area contributed by atoms with Crippen molar-refractivity contribution >= 4 is 16.8 Å². The molecule has 0 amide bonds. The standard InChI is InChI=1S/C12H27N3O2S/c1-6-13-11(14-7-9-17-5)15-8-10-18(16)12(2,3)4/h6-10H2,1-5H3,(H2,13,14,15). The summed E-state index contributed by atoms with van der Waals surface area (Å²) in [5.41, 5.74) is 0.